The highest BCUT2D eigenvalue weighted by molar-refractivity contribution is 7.92. The Balaban J connectivity index is 2.04. The van der Waals surface area contributed by atoms with Gasteiger partial charge in [-0.2, -0.15) is 0 Å². The second-order valence-electron chi connectivity index (χ2n) is 5.18. The molecule has 0 bridgehead atoms. The molecule has 0 aliphatic carbocycles. The first-order valence-corrected chi connectivity index (χ1v) is 8.84. The third-order valence-corrected chi connectivity index (χ3v) is 4.67. The molecule has 6 heteroatoms. The summed E-state index contributed by atoms with van der Waals surface area (Å²) in [4.78, 5) is 4.25. The number of anilines is 2. The molecule has 2 N–H and O–H groups in total. The molecule has 0 spiro atoms. The Morgan fingerprint density at radius 2 is 1.73 bits per heavy atom. The summed E-state index contributed by atoms with van der Waals surface area (Å²) in [5.74, 6) is 0.0626. The van der Waals surface area contributed by atoms with Gasteiger partial charge in [-0.05, 0) is 50.6 Å². The van der Waals surface area contributed by atoms with Gasteiger partial charge in [0, 0.05) is 17.4 Å². The van der Waals surface area contributed by atoms with Gasteiger partial charge in [-0.15, -0.1) is 0 Å². The predicted molar refractivity (Wildman–Crippen MR) is 90.5 cm³/mol. The summed E-state index contributed by atoms with van der Waals surface area (Å²) in [6, 6.07) is 11.4. The molecule has 0 fully saturated rings. The third-order valence-electron chi connectivity index (χ3n) is 3.36. The number of pyridine rings is 1. The van der Waals surface area contributed by atoms with Crippen LogP contribution in [0.5, 0.6) is 0 Å². The first-order valence-electron chi connectivity index (χ1n) is 7.19. The van der Waals surface area contributed by atoms with Crippen LogP contribution in [0.2, 0.25) is 0 Å². The van der Waals surface area contributed by atoms with Gasteiger partial charge in [0.05, 0.1) is 17.6 Å². The van der Waals surface area contributed by atoms with Crippen LogP contribution >= 0.6 is 0 Å². The normalized spacial score (nSPS) is 12.7. The van der Waals surface area contributed by atoms with Crippen molar-refractivity contribution in [2.45, 2.75) is 26.8 Å². The van der Waals surface area contributed by atoms with Crippen molar-refractivity contribution in [1.82, 2.24) is 4.98 Å². The average Bonchev–Trinajstić information content (AvgIpc) is 2.50. The van der Waals surface area contributed by atoms with E-state index in [9.17, 15) is 8.42 Å². The van der Waals surface area contributed by atoms with Crippen LogP contribution in [0.15, 0.2) is 42.6 Å². The van der Waals surface area contributed by atoms with Crippen LogP contribution in [0.1, 0.15) is 31.1 Å². The van der Waals surface area contributed by atoms with Gasteiger partial charge in [0.1, 0.15) is 0 Å². The second-order valence-corrected chi connectivity index (χ2v) is 7.19. The van der Waals surface area contributed by atoms with Crippen LogP contribution < -0.4 is 10.0 Å². The number of sulfonamides is 1. The smallest absolute Gasteiger partial charge is 0.232 e. The van der Waals surface area contributed by atoms with Crippen molar-refractivity contribution in [3.8, 4) is 0 Å². The molecule has 1 atom stereocenters. The zero-order valence-electron chi connectivity index (χ0n) is 13.0. The Kier molecular flexibility index (Phi) is 5.03. The van der Waals surface area contributed by atoms with E-state index in [1.54, 1.807) is 25.3 Å². The van der Waals surface area contributed by atoms with Crippen LogP contribution in [0.4, 0.5) is 11.4 Å². The highest BCUT2D eigenvalue weighted by Gasteiger charge is 2.08. The molecule has 22 heavy (non-hydrogen) atoms. The van der Waals surface area contributed by atoms with E-state index in [1.165, 1.54) is 0 Å². The van der Waals surface area contributed by atoms with Crippen molar-refractivity contribution >= 4 is 21.4 Å². The number of hydrogen-bond donors (Lipinski definition) is 2. The molecule has 0 aliphatic rings. The van der Waals surface area contributed by atoms with Gasteiger partial charge >= 0.3 is 0 Å². The quantitative estimate of drug-likeness (QED) is 0.857. The fraction of sp³-hybridized carbons (Fsp3) is 0.312. The van der Waals surface area contributed by atoms with Gasteiger partial charge < -0.3 is 5.32 Å². The van der Waals surface area contributed by atoms with Crippen molar-refractivity contribution in [3.63, 3.8) is 0 Å². The molecule has 1 heterocycles. The standard InChI is InChI=1S/C16H21N3O2S/c1-4-22(20,21)19-15-9-6-14(7-10-15)13(3)18-16-8-5-12(2)17-11-16/h5-11,13,18-19H,4H2,1-3H3. The van der Waals surface area contributed by atoms with E-state index in [0.29, 0.717) is 5.69 Å². The van der Waals surface area contributed by atoms with Crippen LogP contribution in [0.3, 0.4) is 0 Å². The van der Waals surface area contributed by atoms with E-state index in [1.807, 2.05) is 38.1 Å². The Labute approximate surface area is 131 Å². The van der Waals surface area contributed by atoms with E-state index in [4.69, 9.17) is 0 Å². The zero-order valence-corrected chi connectivity index (χ0v) is 13.8. The molecular weight excluding hydrogens is 298 g/mol. The number of aromatic nitrogens is 1. The second kappa shape index (κ2) is 6.79. The molecule has 5 nitrogen and oxygen atoms in total. The maximum absolute atomic E-state index is 11.5. The summed E-state index contributed by atoms with van der Waals surface area (Å²) in [6.45, 7) is 5.60. The molecule has 0 amide bonds. The number of benzene rings is 1. The number of nitrogens with zero attached hydrogens (tertiary/aromatic N) is 1. The lowest BCUT2D eigenvalue weighted by Gasteiger charge is -2.16. The summed E-state index contributed by atoms with van der Waals surface area (Å²) >= 11 is 0. The lowest BCUT2D eigenvalue weighted by Crippen LogP contribution is -2.14. The lowest BCUT2D eigenvalue weighted by molar-refractivity contribution is 0.602. The minimum atomic E-state index is -3.23. The molecule has 1 unspecified atom stereocenters. The fourth-order valence-corrected chi connectivity index (χ4v) is 2.62. The van der Waals surface area contributed by atoms with Crippen molar-refractivity contribution in [2.24, 2.45) is 0 Å². The summed E-state index contributed by atoms with van der Waals surface area (Å²) < 4.78 is 25.6. The van der Waals surface area contributed by atoms with Crippen molar-refractivity contribution in [3.05, 3.63) is 53.9 Å². The highest BCUT2D eigenvalue weighted by atomic mass is 32.2. The van der Waals surface area contributed by atoms with Gasteiger partial charge in [0.25, 0.3) is 0 Å². The van der Waals surface area contributed by atoms with Crippen LogP contribution in [-0.2, 0) is 10.0 Å². The van der Waals surface area contributed by atoms with Crippen molar-refractivity contribution in [2.75, 3.05) is 15.8 Å². The third kappa shape index (κ3) is 4.46. The maximum Gasteiger partial charge on any atom is 0.232 e. The summed E-state index contributed by atoms with van der Waals surface area (Å²) in [5, 5.41) is 3.36. The first-order chi connectivity index (χ1) is 10.4. The minimum Gasteiger partial charge on any atom is -0.377 e. The monoisotopic (exact) mass is 319 g/mol. The Morgan fingerprint density at radius 3 is 2.27 bits per heavy atom. The molecule has 1 aromatic carbocycles. The molecule has 0 aliphatic heterocycles. The highest BCUT2D eigenvalue weighted by Crippen LogP contribution is 2.21. The number of hydrogen-bond acceptors (Lipinski definition) is 4. The lowest BCUT2D eigenvalue weighted by atomic mass is 10.1. The predicted octanol–water partition coefficient (Wildman–Crippen LogP) is 3.32. The van der Waals surface area contributed by atoms with Crippen LogP contribution in [0.25, 0.3) is 0 Å². The Bertz CT molecular complexity index is 710. The van der Waals surface area contributed by atoms with Crippen LogP contribution in [0, 0.1) is 6.92 Å². The van der Waals surface area contributed by atoms with Gasteiger partial charge in [-0.1, -0.05) is 12.1 Å². The molecule has 2 aromatic rings. The van der Waals surface area contributed by atoms with E-state index in [-0.39, 0.29) is 11.8 Å². The largest absolute Gasteiger partial charge is 0.377 e. The van der Waals surface area contributed by atoms with E-state index in [0.717, 1.165) is 16.9 Å². The zero-order chi connectivity index (χ0) is 16.2. The van der Waals surface area contributed by atoms with Crippen LogP contribution in [-0.4, -0.2) is 19.2 Å². The fourth-order valence-electron chi connectivity index (χ4n) is 1.98. The Hall–Kier alpha value is -2.08. The topological polar surface area (TPSA) is 71.1 Å². The van der Waals surface area contributed by atoms with Gasteiger partial charge in [0.15, 0.2) is 0 Å². The number of rotatable bonds is 6. The number of nitrogens with one attached hydrogen (secondary N) is 2. The van der Waals surface area contributed by atoms with E-state index >= 15 is 0 Å². The molecule has 0 radical (unpaired) electrons. The van der Waals surface area contributed by atoms with E-state index in [2.05, 4.69) is 15.0 Å². The van der Waals surface area contributed by atoms with E-state index < -0.39 is 10.0 Å². The molecule has 118 valence electrons. The first kappa shape index (κ1) is 16.3. The van der Waals surface area contributed by atoms with Gasteiger partial charge in [-0.3, -0.25) is 9.71 Å². The van der Waals surface area contributed by atoms with Crippen molar-refractivity contribution in [1.29, 1.82) is 0 Å². The molecule has 0 saturated carbocycles. The molecule has 1 aromatic heterocycles. The molecular formula is C16H21N3O2S. The van der Waals surface area contributed by atoms with Crippen molar-refractivity contribution < 1.29 is 8.42 Å². The average molecular weight is 319 g/mol. The SMILES string of the molecule is CCS(=O)(=O)Nc1ccc(C(C)Nc2ccc(C)nc2)cc1. The Morgan fingerprint density at radius 1 is 1.09 bits per heavy atom. The van der Waals surface area contributed by atoms with Gasteiger partial charge in [-0.25, -0.2) is 8.42 Å². The number of aryl methyl sites for hydroxylation is 1. The molecule has 2 rings (SSSR count). The summed E-state index contributed by atoms with van der Waals surface area (Å²) in [5.41, 5.74) is 3.58. The summed E-state index contributed by atoms with van der Waals surface area (Å²) in [7, 11) is -3.23. The van der Waals surface area contributed by atoms with Gasteiger partial charge in [0.2, 0.25) is 10.0 Å². The molecule has 0 saturated heterocycles. The summed E-state index contributed by atoms with van der Waals surface area (Å²) in [6.07, 6.45) is 1.80. The maximum atomic E-state index is 11.5. The minimum absolute atomic E-state index is 0.0626.